The van der Waals surface area contributed by atoms with Crippen LogP contribution in [0.3, 0.4) is 0 Å². The molecule has 5 heteroatoms. The zero-order chi connectivity index (χ0) is 14.5. The zero-order valence-corrected chi connectivity index (χ0v) is 11.0. The minimum atomic E-state index is -0.542. The summed E-state index contributed by atoms with van der Waals surface area (Å²) in [7, 11) is 1.88. The van der Waals surface area contributed by atoms with E-state index in [0.717, 1.165) is 11.3 Å². The van der Waals surface area contributed by atoms with Crippen molar-refractivity contribution < 1.29 is 4.92 Å². The van der Waals surface area contributed by atoms with Crippen LogP contribution in [0.5, 0.6) is 0 Å². The van der Waals surface area contributed by atoms with Gasteiger partial charge in [-0.15, -0.1) is 0 Å². The average molecular weight is 267 g/mol. The maximum atomic E-state index is 10.8. The van der Waals surface area contributed by atoms with Gasteiger partial charge in [-0.3, -0.25) is 10.1 Å². The molecule has 0 radical (unpaired) electrons. The van der Waals surface area contributed by atoms with E-state index in [1.54, 1.807) is 12.1 Å². The number of benzene rings is 2. The standard InChI is InChI=1S/C15H13N3O2/c1-17(11-12-5-3-2-4-6-12)14-7-8-15(18(19)20)13(9-14)10-16/h2-9H,11H2,1H3. The number of nitro groups is 1. The Hall–Kier alpha value is -2.87. The van der Waals surface area contributed by atoms with Crippen molar-refractivity contribution in [2.24, 2.45) is 0 Å². The summed E-state index contributed by atoms with van der Waals surface area (Å²) in [6.45, 7) is 0.670. The van der Waals surface area contributed by atoms with Gasteiger partial charge in [-0.25, -0.2) is 0 Å². The molecule has 0 saturated carbocycles. The van der Waals surface area contributed by atoms with Crippen LogP contribution in [0.4, 0.5) is 11.4 Å². The Morgan fingerprint density at radius 2 is 1.95 bits per heavy atom. The molecule has 0 saturated heterocycles. The third-order valence-corrected chi connectivity index (χ3v) is 3.00. The SMILES string of the molecule is CN(Cc1ccccc1)c1ccc([N+](=O)[O-])c(C#N)c1. The highest BCUT2D eigenvalue weighted by Gasteiger charge is 2.15. The zero-order valence-electron chi connectivity index (χ0n) is 11.0. The highest BCUT2D eigenvalue weighted by Crippen LogP contribution is 2.24. The Morgan fingerprint density at radius 1 is 1.25 bits per heavy atom. The van der Waals surface area contributed by atoms with Gasteiger partial charge in [-0.2, -0.15) is 5.26 Å². The van der Waals surface area contributed by atoms with Gasteiger partial charge in [-0.1, -0.05) is 30.3 Å². The van der Waals surface area contributed by atoms with E-state index >= 15 is 0 Å². The number of hydrogen-bond donors (Lipinski definition) is 0. The third-order valence-electron chi connectivity index (χ3n) is 3.00. The number of nitriles is 1. The Morgan fingerprint density at radius 3 is 2.55 bits per heavy atom. The largest absolute Gasteiger partial charge is 0.370 e. The van der Waals surface area contributed by atoms with Crippen molar-refractivity contribution in [3.8, 4) is 6.07 Å². The van der Waals surface area contributed by atoms with Crippen LogP contribution in [-0.4, -0.2) is 12.0 Å². The van der Waals surface area contributed by atoms with Crippen molar-refractivity contribution in [2.45, 2.75) is 6.54 Å². The van der Waals surface area contributed by atoms with Gasteiger partial charge in [-0.05, 0) is 17.7 Å². The van der Waals surface area contributed by atoms with E-state index in [0.29, 0.717) is 6.54 Å². The lowest BCUT2D eigenvalue weighted by Gasteiger charge is -2.19. The molecule has 0 atom stereocenters. The minimum absolute atomic E-state index is 0.0763. The summed E-state index contributed by atoms with van der Waals surface area (Å²) in [6.07, 6.45) is 0. The molecule has 0 N–H and O–H groups in total. The molecule has 2 aromatic carbocycles. The monoisotopic (exact) mass is 267 g/mol. The molecule has 0 amide bonds. The molecule has 0 spiro atoms. The summed E-state index contributed by atoms with van der Waals surface area (Å²) in [5.74, 6) is 0. The highest BCUT2D eigenvalue weighted by molar-refractivity contribution is 5.59. The molecule has 100 valence electrons. The minimum Gasteiger partial charge on any atom is -0.370 e. The molecule has 0 aliphatic heterocycles. The molecule has 0 heterocycles. The first-order valence-electron chi connectivity index (χ1n) is 6.05. The van der Waals surface area contributed by atoms with E-state index in [4.69, 9.17) is 5.26 Å². The van der Waals surface area contributed by atoms with Crippen LogP contribution in [0.2, 0.25) is 0 Å². The number of nitro benzene ring substituents is 1. The molecular weight excluding hydrogens is 254 g/mol. The second-order valence-corrected chi connectivity index (χ2v) is 4.41. The molecule has 0 fully saturated rings. The summed E-state index contributed by atoms with van der Waals surface area (Å²) < 4.78 is 0. The van der Waals surface area contributed by atoms with E-state index in [2.05, 4.69) is 0 Å². The number of nitrogens with zero attached hydrogens (tertiary/aromatic N) is 3. The van der Waals surface area contributed by atoms with Crippen molar-refractivity contribution in [2.75, 3.05) is 11.9 Å². The number of rotatable bonds is 4. The van der Waals surface area contributed by atoms with Crippen LogP contribution < -0.4 is 4.90 Å². The second-order valence-electron chi connectivity index (χ2n) is 4.41. The first-order valence-corrected chi connectivity index (χ1v) is 6.05. The first-order chi connectivity index (χ1) is 9.61. The van der Waals surface area contributed by atoms with Gasteiger partial charge in [0.2, 0.25) is 0 Å². The van der Waals surface area contributed by atoms with E-state index in [1.165, 1.54) is 6.07 Å². The summed E-state index contributed by atoms with van der Waals surface area (Å²) in [4.78, 5) is 12.2. The second kappa shape index (κ2) is 5.85. The fourth-order valence-electron chi connectivity index (χ4n) is 1.96. The van der Waals surface area contributed by atoms with Crippen LogP contribution in [0.25, 0.3) is 0 Å². The van der Waals surface area contributed by atoms with Gasteiger partial charge >= 0.3 is 0 Å². The Labute approximate surface area is 116 Å². The molecule has 0 aliphatic carbocycles. The molecule has 0 aromatic heterocycles. The van der Waals surface area contributed by atoms with Gasteiger partial charge in [0.05, 0.1) is 4.92 Å². The Kier molecular flexibility index (Phi) is 3.96. The van der Waals surface area contributed by atoms with Gasteiger partial charge in [0.15, 0.2) is 0 Å². The van der Waals surface area contributed by atoms with E-state index in [-0.39, 0.29) is 11.3 Å². The molecule has 5 nitrogen and oxygen atoms in total. The van der Waals surface area contributed by atoms with Crippen molar-refractivity contribution in [3.05, 3.63) is 69.8 Å². The maximum Gasteiger partial charge on any atom is 0.287 e. The topological polar surface area (TPSA) is 70.2 Å². The Bertz CT molecular complexity index is 663. The summed E-state index contributed by atoms with van der Waals surface area (Å²) in [6, 6.07) is 16.3. The number of anilines is 1. The summed E-state index contributed by atoms with van der Waals surface area (Å²) >= 11 is 0. The quantitative estimate of drug-likeness (QED) is 0.630. The fourth-order valence-corrected chi connectivity index (χ4v) is 1.96. The molecule has 2 aromatic rings. The maximum absolute atomic E-state index is 10.8. The predicted octanol–water partition coefficient (Wildman–Crippen LogP) is 3.10. The fraction of sp³-hybridized carbons (Fsp3) is 0.133. The Balaban J connectivity index is 2.25. The van der Waals surface area contributed by atoms with Crippen LogP contribution in [0, 0.1) is 21.4 Å². The highest BCUT2D eigenvalue weighted by atomic mass is 16.6. The van der Waals surface area contributed by atoms with Crippen LogP contribution in [0.15, 0.2) is 48.5 Å². The van der Waals surface area contributed by atoms with Crippen molar-refractivity contribution in [3.63, 3.8) is 0 Å². The van der Waals surface area contributed by atoms with Gasteiger partial charge in [0, 0.05) is 25.3 Å². The third kappa shape index (κ3) is 2.93. The van der Waals surface area contributed by atoms with Crippen molar-refractivity contribution in [1.29, 1.82) is 5.26 Å². The molecule has 0 unspecified atom stereocenters. The van der Waals surface area contributed by atoms with E-state index in [9.17, 15) is 10.1 Å². The number of hydrogen-bond acceptors (Lipinski definition) is 4. The predicted molar refractivity (Wildman–Crippen MR) is 76.4 cm³/mol. The van der Waals surface area contributed by atoms with Crippen molar-refractivity contribution >= 4 is 11.4 Å². The molecule has 0 bridgehead atoms. The lowest BCUT2D eigenvalue weighted by Crippen LogP contribution is -2.16. The van der Waals surface area contributed by atoms with Gasteiger partial charge in [0.1, 0.15) is 11.6 Å². The normalized spacial score (nSPS) is 9.80. The average Bonchev–Trinajstić information content (AvgIpc) is 2.47. The summed E-state index contributed by atoms with van der Waals surface area (Å²) in [5.41, 5.74) is 1.82. The molecule has 20 heavy (non-hydrogen) atoms. The molecule has 0 aliphatic rings. The van der Waals surface area contributed by atoms with Gasteiger partial charge in [0.25, 0.3) is 5.69 Å². The van der Waals surface area contributed by atoms with Crippen LogP contribution >= 0.6 is 0 Å². The van der Waals surface area contributed by atoms with Crippen LogP contribution in [-0.2, 0) is 6.54 Å². The summed E-state index contributed by atoms with van der Waals surface area (Å²) in [5, 5.41) is 19.8. The first kappa shape index (κ1) is 13.6. The smallest absolute Gasteiger partial charge is 0.287 e. The lowest BCUT2D eigenvalue weighted by atomic mass is 10.1. The molecule has 2 rings (SSSR count). The van der Waals surface area contributed by atoms with E-state index < -0.39 is 4.92 Å². The van der Waals surface area contributed by atoms with Crippen LogP contribution in [0.1, 0.15) is 11.1 Å². The molecular formula is C15H13N3O2. The van der Waals surface area contributed by atoms with Crippen molar-refractivity contribution in [1.82, 2.24) is 0 Å². The lowest BCUT2D eigenvalue weighted by molar-refractivity contribution is -0.385. The van der Waals surface area contributed by atoms with Gasteiger partial charge < -0.3 is 4.90 Å². The van der Waals surface area contributed by atoms with E-state index in [1.807, 2.05) is 48.3 Å².